The first-order chi connectivity index (χ1) is 13.1. The first kappa shape index (κ1) is 22.1. The minimum absolute atomic E-state index is 0. The monoisotopic (exact) mass is 495 g/mol. The fraction of sp³-hybridized carbons (Fsp3) is 0.333. The van der Waals surface area contributed by atoms with Crippen LogP contribution in [0.3, 0.4) is 0 Å². The van der Waals surface area contributed by atoms with E-state index in [4.69, 9.17) is 0 Å². The molecule has 0 saturated carbocycles. The van der Waals surface area contributed by atoms with Crippen LogP contribution in [0.25, 0.3) is 5.65 Å². The smallest absolute Gasteiger partial charge is 0.191 e. The topological polar surface area (TPSA) is 53.7 Å². The normalized spacial score (nSPS) is 12.5. The van der Waals surface area contributed by atoms with Crippen LogP contribution in [0.5, 0.6) is 0 Å². The van der Waals surface area contributed by atoms with Crippen molar-refractivity contribution in [1.29, 1.82) is 0 Å². The Morgan fingerprint density at radius 1 is 1.29 bits per heavy atom. The van der Waals surface area contributed by atoms with Crippen molar-refractivity contribution in [3.05, 3.63) is 71.4 Å². The highest BCUT2D eigenvalue weighted by Crippen LogP contribution is 2.16. The zero-order valence-electron chi connectivity index (χ0n) is 16.4. The molecule has 1 aromatic carbocycles. The second-order valence-electron chi connectivity index (χ2n) is 6.58. The summed E-state index contributed by atoms with van der Waals surface area (Å²) in [6.07, 6.45) is 4.78. The van der Waals surface area contributed by atoms with Gasteiger partial charge in [0.25, 0.3) is 0 Å². The van der Waals surface area contributed by atoms with Gasteiger partial charge in [-0.1, -0.05) is 18.2 Å². The Morgan fingerprint density at radius 2 is 2.11 bits per heavy atom. The maximum Gasteiger partial charge on any atom is 0.191 e. The number of pyridine rings is 1. The number of aryl methyl sites for hydroxylation is 1. The molecule has 1 unspecified atom stereocenters. The number of aromatic nitrogens is 2. The average Bonchev–Trinajstić information content (AvgIpc) is 3.06. The number of fused-ring (bicyclic) bond motifs is 1. The maximum atomic E-state index is 13.8. The van der Waals surface area contributed by atoms with E-state index in [2.05, 4.69) is 20.6 Å². The molecule has 0 aliphatic carbocycles. The van der Waals surface area contributed by atoms with E-state index in [1.165, 1.54) is 0 Å². The molecule has 1 atom stereocenters. The Bertz CT molecular complexity index is 904. The summed E-state index contributed by atoms with van der Waals surface area (Å²) in [6, 6.07) is 11.2. The van der Waals surface area contributed by atoms with Gasteiger partial charge in [0.15, 0.2) is 5.96 Å². The molecule has 150 valence electrons. The Balaban J connectivity index is 0.00000280. The number of imidazole rings is 1. The lowest BCUT2D eigenvalue weighted by Crippen LogP contribution is -2.39. The van der Waals surface area contributed by atoms with Crippen LogP contribution in [-0.4, -0.2) is 28.4 Å². The SMILES string of the molecule is CCNC(=NCCc1cn2ccccc2n1)NC(C)c1ccc(C)c(F)c1.I. The summed E-state index contributed by atoms with van der Waals surface area (Å²) < 4.78 is 15.8. The fourth-order valence-corrected chi connectivity index (χ4v) is 2.88. The molecule has 5 nitrogen and oxygen atoms in total. The molecule has 28 heavy (non-hydrogen) atoms. The minimum atomic E-state index is -0.185. The van der Waals surface area contributed by atoms with Gasteiger partial charge in [0, 0.05) is 31.9 Å². The molecular formula is C21H27FIN5. The molecule has 0 amide bonds. The van der Waals surface area contributed by atoms with E-state index >= 15 is 0 Å². The molecule has 0 saturated heterocycles. The molecule has 7 heteroatoms. The summed E-state index contributed by atoms with van der Waals surface area (Å²) in [5, 5.41) is 6.58. The number of halogens is 2. The van der Waals surface area contributed by atoms with E-state index in [0.717, 1.165) is 35.8 Å². The van der Waals surface area contributed by atoms with Crippen molar-refractivity contribution >= 4 is 35.6 Å². The molecule has 0 spiro atoms. The van der Waals surface area contributed by atoms with Gasteiger partial charge in [0.2, 0.25) is 0 Å². The second-order valence-corrected chi connectivity index (χ2v) is 6.58. The summed E-state index contributed by atoms with van der Waals surface area (Å²) in [4.78, 5) is 9.23. The van der Waals surface area contributed by atoms with Gasteiger partial charge in [0.05, 0.1) is 11.7 Å². The Labute approximate surface area is 182 Å². The number of hydrogen-bond acceptors (Lipinski definition) is 2. The van der Waals surface area contributed by atoms with Crippen molar-refractivity contribution in [1.82, 2.24) is 20.0 Å². The van der Waals surface area contributed by atoms with Crippen LogP contribution in [0.4, 0.5) is 4.39 Å². The van der Waals surface area contributed by atoms with E-state index in [1.54, 1.807) is 19.1 Å². The number of benzene rings is 1. The molecule has 3 rings (SSSR count). The van der Waals surface area contributed by atoms with Crippen LogP contribution in [0, 0.1) is 12.7 Å². The number of hydrogen-bond donors (Lipinski definition) is 2. The van der Waals surface area contributed by atoms with Crippen molar-refractivity contribution in [2.45, 2.75) is 33.2 Å². The zero-order valence-corrected chi connectivity index (χ0v) is 18.8. The number of guanidine groups is 1. The van der Waals surface area contributed by atoms with Gasteiger partial charge in [-0.05, 0) is 50.1 Å². The van der Waals surface area contributed by atoms with Gasteiger partial charge in [-0.3, -0.25) is 4.99 Å². The number of nitrogens with one attached hydrogen (secondary N) is 2. The van der Waals surface area contributed by atoms with Gasteiger partial charge >= 0.3 is 0 Å². The second kappa shape index (κ2) is 10.4. The van der Waals surface area contributed by atoms with Crippen molar-refractivity contribution in [2.75, 3.05) is 13.1 Å². The maximum absolute atomic E-state index is 13.8. The zero-order chi connectivity index (χ0) is 19.2. The average molecular weight is 495 g/mol. The predicted octanol–water partition coefficient (Wildman–Crippen LogP) is 4.26. The van der Waals surface area contributed by atoms with E-state index in [0.29, 0.717) is 12.1 Å². The quantitative estimate of drug-likeness (QED) is 0.305. The molecular weight excluding hydrogens is 468 g/mol. The van der Waals surface area contributed by atoms with E-state index in [-0.39, 0.29) is 35.8 Å². The van der Waals surface area contributed by atoms with Gasteiger partial charge in [0.1, 0.15) is 11.5 Å². The highest BCUT2D eigenvalue weighted by Gasteiger charge is 2.10. The van der Waals surface area contributed by atoms with Crippen LogP contribution < -0.4 is 10.6 Å². The largest absolute Gasteiger partial charge is 0.357 e. The van der Waals surface area contributed by atoms with Crippen LogP contribution in [-0.2, 0) is 6.42 Å². The Hall–Kier alpha value is -2.16. The summed E-state index contributed by atoms with van der Waals surface area (Å²) in [5.74, 6) is 0.532. The van der Waals surface area contributed by atoms with Crippen molar-refractivity contribution in [2.24, 2.45) is 4.99 Å². The molecule has 2 N–H and O–H groups in total. The summed E-state index contributed by atoms with van der Waals surface area (Å²) >= 11 is 0. The Kier molecular flexibility index (Phi) is 8.22. The highest BCUT2D eigenvalue weighted by molar-refractivity contribution is 14.0. The molecule has 2 aromatic heterocycles. The fourth-order valence-electron chi connectivity index (χ4n) is 2.88. The standard InChI is InChI=1S/C21H26FN5.HI/c1-4-23-21(25-16(3)17-9-8-15(2)19(22)13-17)24-11-10-18-14-27-12-6-5-7-20(27)26-18;/h5-9,12-14,16H,4,10-11H2,1-3H3,(H2,23,24,25);1H. The molecule has 0 aliphatic rings. The molecule has 0 aliphatic heterocycles. The molecule has 0 radical (unpaired) electrons. The lowest BCUT2D eigenvalue weighted by molar-refractivity contribution is 0.607. The van der Waals surface area contributed by atoms with Crippen LogP contribution in [0.1, 0.15) is 36.7 Å². The van der Waals surface area contributed by atoms with Crippen molar-refractivity contribution in [3.63, 3.8) is 0 Å². The van der Waals surface area contributed by atoms with Gasteiger partial charge in [-0.15, -0.1) is 24.0 Å². The van der Waals surface area contributed by atoms with Gasteiger partial charge < -0.3 is 15.0 Å². The van der Waals surface area contributed by atoms with Gasteiger partial charge in [-0.25, -0.2) is 9.37 Å². The molecule has 0 fully saturated rings. The summed E-state index contributed by atoms with van der Waals surface area (Å²) in [7, 11) is 0. The van der Waals surface area contributed by atoms with Crippen molar-refractivity contribution in [3.8, 4) is 0 Å². The van der Waals surface area contributed by atoms with E-state index in [1.807, 2.05) is 54.9 Å². The number of nitrogens with zero attached hydrogens (tertiary/aromatic N) is 3. The summed E-state index contributed by atoms with van der Waals surface area (Å²) in [6.45, 7) is 7.17. The molecule has 2 heterocycles. The lowest BCUT2D eigenvalue weighted by Gasteiger charge is -2.18. The van der Waals surface area contributed by atoms with E-state index in [9.17, 15) is 4.39 Å². The third kappa shape index (κ3) is 5.67. The number of rotatable bonds is 6. The van der Waals surface area contributed by atoms with Crippen LogP contribution >= 0.6 is 24.0 Å². The third-order valence-electron chi connectivity index (χ3n) is 4.45. The van der Waals surface area contributed by atoms with E-state index < -0.39 is 0 Å². The molecule has 3 aromatic rings. The summed E-state index contributed by atoms with van der Waals surface area (Å²) in [5.41, 5.74) is 3.49. The van der Waals surface area contributed by atoms with Gasteiger partial charge in [-0.2, -0.15) is 0 Å². The van der Waals surface area contributed by atoms with Crippen LogP contribution in [0.15, 0.2) is 53.8 Å². The van der Waals surface area contributed by atoms with Crippen LogP contribution in [0.2, 0.25) is 0 Å². The minimum Gasteiger partial charge on any atom is -0.357 e. The van der Waals surface area contributed by atoms with Crippen molar-refractivity contribution < 1.29 is 4.39 Å². The lowest BCUT2D eigenvalue weighted by atomic mass is 10.1. The number of aliphatic imine (C=N–C) groups is 1. The predicted molar refractivity (Wildman–Crippen MR) is 123 cm³/mol. The Morgan fingerprint density at radius 3 is 2.82 bits per heavy atom. The first-order valence-electron chi connectivity index (χ1n) is 9.30. The third-order valence-corrected chi connectivity index (χ3v) is 4.45. The molecule has 0 bridgehead atoms. The first-order valence-corrected chi connectivity index (χ1v) is 9.30. The highest BCUT2D eigenvalue weighted by atomic mass is 127.